The lowest BCUT2D eigenvalue weighted by Crippen LogP contribution is -2.30. The number of phenolic OH excluding ortho intramolecular Hbond substituents is 2. The van der Waals surface area contributed by atoms with Gasteiger partial charge in [0.15, 0.2) is 11.5 Å². The van der Waals surface area contributed by atoms with Crippen molar-refractivity contribution >= 4 is 5.97 Å². The Balaban J connectivity index is 2.01. The molecule has 1 atom stereocenters. The van der Waals surface area contributed by atoms with Crippen LogP contribution in [-0.2, 0) is 6.42 Å². The van der Waals surface area contributed by atoms with Crippen molar-refractivity contribution in [1.29, 1.82) is 0 Å². The summed E-state index contributed by atoms with van der Waals surface area (Å²) in [6.45, 7) is 0.753. The lowest BCUT2D eigenvalue weighted by molar-refractivity contribution is 0.0697. The van der Waals surface area contributed by atoms with Gasteiger partial charge in [-0.05, 0) is 47.4 Å². The number of nitrogens with one attached hydrogen (secondary N) is 1. The summed E-state index contributed by atoms with van der Waals surface area (Å²) in [6.07, 6.45) is 0.771. The zero-order valence-corrected chi connectivity index (χ0v) is 11.2. The van der Waals surface area contributed by atoms with E-state index in [4.69, 9.17) is 5.11 Å². The van der Waals surface area contributed by atoms with Crippen LogP contribution < -0.4 is 5.32 Å². The molecule has 0 saturated heterocycles. The molecule has 3 rings (SSSR count). The topological polar surface area (TPSA) is 89.8 Å². The Morgan fingerprint density at radius 3 is 2.43 bits per heavy atom. The first-order chi connectivity index (χ1) is 10.1. The smallest absolute Gasteiger partial charge is 0.335 e. The number of hydrogen-bond acceptors (Lipinski definition) is 4. The number of fused-ring (bicyclic) bond motifs is 1. The van der Waals surface area contributed by atoms with Crippen LogP contribution in [0.2, 0.25) is 0 Å². The predicted octanol–water partition coefficient (Wildman–Crippen LogP) is 2.03. The maximum Gasteiger partial charge on any atom is 0.335 e. The van der Waals surface area contributed by atoms with Crippen LogP contribution in [0.4, 0.5) is 0 Å². The molecule has 0 radical (unpaired) electrons. The van der Waals surface area contributed by atoms with Gasteiger partial charge in [0, 0.05) is 6.54 Å². The number of hydrogen-bond donors (Lipinski definition) is 4. The van der Waals surface area contributed by atoms with Crippen LogP contribution >= 0.6 is 0 Å². The minimum atomic E-state index is -0.957. The fraction of sp³-hybridized carbons (Fsp3) is 0.188. The van der Waals surface area contributed by atoms with Gasteiger partial charge in [0.1, 0.15) is 0 Å². The number of aromatic carboxylic acids is 1. The van der Waals surface area contributed by atoms with Crippen LogP contribution in [0.1, 0.15) is 33.1 Å². The van der Waals surface area contributed by atoms with Crippen molar-refractivity contribution in [3.8, 4) is 11.5 Å². The molecule has 0 amide bonds. The number of aromatic hydroxyl groups is 2. The van der Waals surface area contributed by atoms with Crippen LogP contribution in [0, 0.1) is 0 Å². The molecule has 0 fully saturated rings. The molecule has 5 heteroatoms. The lowest BCUT2D eigenvalue weighted by Gasteiger charge is -2.27. The molecule has 0 aliphatic carbocycles. The molecule has 0 bridgehead atoms. The van der Waals surface area contributed by atoms with Gasteiger partial charge < -0.3 is 20.6 Å². The molecular formula is C16H15NO4. The van der Waals surface area contributed by atoms with E-state index in [2.05, 4.69) is 5.32 Å². The van der Waals surface area contributed by atoms with Gasteiger partial charge in [-0.1, -0.05) is 12.1 Å². The summed E-state index contributed by atoms with van der Waals surface area (Å²) in [5.74, 6) is -1.22. The summed E-state index contributed by atoms with van der Waals surface area (Å²) in [5, 5.41) is 31.6. The summed E-state index contributed by atoms with van der Waals surface area (Å²) in [5.41, 5.74) is 3.05. The van der Waals surface area contributed by atoms with Gasteiger partial charge in [0.05, 0.1) is 11.6 Å². The van der Waals surface area contributed by atoms with E-state index in [9.17, 15) is 15.0 Å². The quantitative estimate of drug-likeness (QED) is 0.634. The molecule has 21 heavy (non-hydrogen) atoms. The Bertz CT molecular complexity index is 694. The molecule has 5 nitrogen and oxygen atoms in total. The molecule has 1 aliphatic rings. The molecule has 2 aromatic carbocycles. The predicted molar refractivity (Wildman–Crippen MR) is 76.7 cm³/mol. The molecule has 4 N–H and O–H groups in total. The highest BCUT2D eigenvalue weighted by molar-refractivity contribution is 5.87. The monoisotopic (exact) mass is 285 g/mol. The second-order valence-electron chi connectivity index (χ2n) is 5.10. The number of phenols is 2. The number of rotatable bonds is 2. The van der Waals surface area contributed by atoms with E-state index in [1.165, 1.54) is 0 Å². The molecular weight excluding hydrogens is 270 g/mol. The molecule has 2 aromatic rings. The largest absolute Gasteiger partial charge is 0.504 e. The van der Waals surface area contributed by atoms with E-state index in [1.807, 2.05) is 0 Å². The first-order valence-electron chi connectivity index (χ1n) is 6.67. The Hall–Kier alpha value is -2.53. The van der Waals surface area contributed by atoms with E-state index in [-0.39, 0.29) is 23.1 Å². The van der Waals surface area contributed by atoms with E-state index in [0.29, 0.717) is 0 Å². The van der Waals surface area contributed by atoms with Crippen LogP contribution in [0.5, 0.6) is 11.5 Å². The second kappa shape index (κ2) is 5.10. The van der Waals surface area contributed by atoms with Crippen LogP contribution in [-0.4, -0.2) is 27.8 Å². The number of carbonyl (C=O) groups is 1. The maximum atomic E-state index is 10.9. The minimum Gasteiger partial charge on any atom is -0.504 e. The van der Waals surface area contributed by atoms with Gasteiger partial charge in [-0.2, -0.15) is 0 Å². The average Bonchev–Trinajstić information content (AvgIpc) is 2.48. The lowest BCUT2D eigenvalue weighted by atomic mass is 9.89. The highest BCUT2D eigenvalue weighted by atomic mass is 16.4. The van der Waals surface area contributed by atoms with Gasteiger partial charge >= 0.3 is 5.97 Å². The first-order valence-corrected chi connectivity index (χ1v) is 6.67. The zero-order valence-electron chi connectivity index (χ0n) is 11.2. The number of carboxylic acid groups (broad SMARTS) is 1. The average molecular weight is 285 g/mol. The molecule has 1 aliphatic heterocycles. The molecule has 0 spiro atoms. The Labute approximate surface area is 121 Å². The standard InChI is InChI=1S/C16H15NO4/c18-13-7-11-5-6-17-15(12(11)8-14(13)19)9-1-3-10(4-2-9)16(20)21/h1-4,7-8,15,17-19H,5-6H2,(H,20,21)/t15-/m0/s1. The van der Waals surface area contributed by atoms with Crippen molar-refractivity contribution in [2.24, 2.45) is 0 Å². The minimum absolute atomic E-state index is 0.115. The van der Waals surface area contributed by atoms with Gasteiger partial charge in [0.2, 0.25) is 0 Å². The van der Waals surface area contributed by atoms with Crippen LogP contribution in [0.3, 0.4) is 0 Å². The molecule has 1 heterocycles. The third-order valence-corrected chi connectivity index (χ3v) is 3.78. The summed E-state index contributed by atoms with van der Waals surface area (Å²) < 4.78 is 0. The summed E-state index contributed by atoms with van der Waals surface area (Å²) in [7, 11) is 0. The Morgan fingerprint density at radius 2 is 1.76 bits per heavy atom. The van der Waals surface area contributed by atoms with Crippen LogP contribution in [0.15, 0.2) is 36.4 Å². The maximum absolute atomic E-state index is 10.9. The fourth-order valence-electron chi connectivity index (χ4n) is 2.70. The van der Waals surface area contributed by atoms with E-state index >= 15 is 0 Å². The third-order valence-electron chi connectivity index (χ3n) is 3.78. The van der Waals surface area contributed by atoms with E-state index in [1.54, 1.807) is 36.4 Å². The van der Waals surface area contributed by atoms with Crippen molar-refractivity contribution in [2.75, 3.05) is 6.54 Å². The molecule has 108 valence electrons. The highest BCUT2D eigenvalue weighted by Crippen LogP contribution is 2.36. The van der Waals surface area contributed by atoms with Crippen molar-refractivity contribution in [3.05, 3.63) is 58.7 Å². The normalized spacial score (nSPS) is 17.2. The van der Waals surface area contributed by atoms with Gasteiger partial charge in [-0.25, -0.2) is 4.79 Å². The SMILES string of the molecule is O=C(O)c1ccc([C@@H]2NCCc3cc(O)c(O)cc32)cc1. The van der Waals surface area contributed by atoms with E-state index < -0.39 is 5.97 Å². The molecule has 0 aromatic heterocycles. The van der Waals surface area contributed by atoms with Gasteiger partial charge in [0.25, 0.3) is 0 Å². The van der Waals surface area contributed by atoms with Gasteiger partial charge in [-0.3, -0.25) is 0 Å². The Kier molecular flexibility index (Phi) is 3.27. The highest BCUT2D eigenvalue weighted by Gasteiger charge is 2.23. The third kappa shape index (κ3) is 2.43. The van der Waals surface area contributed by atoms with Crippen molar-refractivity contribution in [1.82, 2.24) is 5.32 Å². The number of carboxylic acids is 1. The molecule has 0 unspecified atom stereocenters. The fourth-order valence-corrected chi connectivity index (χ4v) is 2.70. The van der Waals surface area contributed by atoms with Crippen molar-refractivity contribution in [2.45, 2.75) is 12.5 Å². The molecule has 0 saturated carbocycles. The van der Waals surface area contributed by atoms with Crippen molar-refractivity contribution < 1.29 is 20.1 Å². The van der Waals surface area contributed by atoms with Crippen LogP contribution in [0.25, 0.3) is 0 Å². The zero-order chi connectivity index (χ0) is 15.0. The number of benzene rings is 2. The van der Waals surface area contributed by atoms with E-state index in [0.717, 1.165) is 29.7 Å². The summed E-state index contributed by atoms with van der Waals surface area (Å²) in [4.78, 5) is 10.9. The van der Waals surface area contributed by atoms with Crippen molar-refractivity contribution in [3.63, 3.8) is 0 Å². The summed E-state index contributed by atoms with van der Waals surface area (Å²) >= 11 is 0. The Morgan fingerprint density at radius 1 is 1.10 bits per heavy atom. The van der Waals surface area contributed by atoms with Gasteiger partial charge in [-0.15, -0.1) is 0 Å². The summed E-state index contributed by atoms with van der Waals surface area (Å²) in [6, 6.07) is 9.68. The second-order valence-corrected chi connectivity index (χ2v) is 5.10. The first kappa shape index (κ1) is 13.5.